The van der Waals surface area contributed by atoms with Crippen molar-refractivity contribution in [3.8, 4) is 11.8 Å². The summed E-state index contributed by atoms with van der Waals surface area (Å²) < 4.78 is 0. The van der Waals surface area contributed by atoms with Crippen LogP contribution < -0.4 is 0 Å². The Balaban J connectivity index is 2.09. The number of hydrogen-bond donors (Lipinski definition) is 1. The van der Waals surface area contributed by atoms with Gasteiger partial charge in [0.1, 0.15) is 6.61 Å². The summed E-state index contributed by atoms with van der Waals surface area (Å²) in [5.41, 5.74) is 1.52. The average Bonchev–Trinajstić information content (AvgIpc) is 2.45. The van der Waals surface area contributed by atoms with Gasteiger partial charge >= 0.3 is 0 Å². The van der Waals surface area contributed by atoms with E-state index >= 15 is 0 Å². The Morgan fingerprint density at radius 3 is 2.65 bits per heavy atom. The second kappa shape index (κ2) is 6.58. The van der Waals surface area contributed by atoms with E-state index in [0.29, 0.717) is 17.5 Å². The van der Waals surface area contributed by atoms with Crippen molar-refractivity contribution in [2.24, 2.45) is 5.92 Å². The van der Waals surface area contributed by atoms with Crippen LogP contribution in [0.1, 0.15) is 42.6 Å². The molecule has 106 valence electrons. The zero-order valence-corrected chi connectivity index (χ0v) is 12.1. The van der Waals surface area contributed by atoms with Crippen LogP contribution >= 0.6 is 0 Å². The van der Waals surface area contributed by atoms with Crippen molar-refractivity contribution in [3.63, 3.8) is 0 Å². The van der Waals surface area contributed by atoms with Gasteiger partial charge in [-0.25, -0.2) is 0 Å². The summed E-state index contributed by atoms with van der Waals surface area (Å²) in [4.78, 5) is 14.5. The largest absolute Gasteiger partial charge is 0.384 e. The number of carbonyl (C=O) groups is 1. The fourth-order valence-corrected chi connectivity index (χ4v) is 2.71. The molecule has 3 nitrogen and oxygen atoms in total. The zero-order valence-electron chi connectivity index (χ0n) is 12.1. The number of piperidine rings is 1. The van der Waals surface area contributed by atoms with Crippen LogP contribution in [0, 0.1) is 17.8 Å². The summed E-state index contributed by atoms with van der Waals surface area (Å²) in [5.74, 6) is 6.23. The third kappa shape index (κ3) is 3.40. The van der Waals surface area contributed by atoms with Gasteiger partial charge in [0.2, 0.25) is 0 Å². The Bertz CT molecular complexity index is 524. The Kier molecular flexibility index (Phi) is 4.81. The molecular weight excluding hydrogens is 250 g/mol. The van der Waals surface area contributed by atoms with E-state index in [4.69, 9.17) is 5.11 Å². The van der Waals surface area contributed by atoms with Crippen molar-refractivity contribution in [2.75, 3.05) is 13.2 Å². The van der Waals surface area contributed by atoms with Crippen LogP contribution in [0.2, 0.25) is 0 Å². The molecule has 0 aromatic heterocycles. The molecule has 0 spiro atoms. The first-order valence-electron chi connectivity index (χ1n) is 7.12. The summed E-state index contributed by atoms with van der Waals surface area (Å²) in [6.07, 6.45) is 2.15. The quantitative estimate of drug-likeness (QED) is 0.796. The molecule has 0 aliphatic carbocycles. The molecule has 1 N–H and O–H groups in total. The fourth-order valence-electron chi connectivity index (χ4n) is 2.71. The minimum Gasteiger partial charge on any atom is -0.384 e. The Hall–Kier alpha value is -1.79. The summed E-state index contributed by atoms with van der Waals surface area (Å²) in [5, 5.41) is 8.66. The predicted octanol–water partition coefficient (Wildman–Crippen LogP) is 2.29. The number of amides is 1. The first-order valence-corrected chi connectivity index (χ1v) is 7.12. The number of nitrogens with zero attached hydrogens (tertiary/aromatic N) is 1. The molecule has 1 aliphatic heterocycles. The highest BCUT2D eigenvalue weighted by atomic mass is 16.2. The molecular formula is C17H21NO2. The maximum atomic E-state index is 12.5. The van der Waals surface area contributed by atoms with Crippen LogP contribution in [0.4, 0.5) is 0 Å². The van der Waals surface area contributed by atoms with E-state index in [1.807, 2.05) is 29.2 Å². The molecule has 20 heavy (non-hydrogen) atoms. The van der Waals surface area contributed by atoms with Crippen LogP contribution in [0.25, 0.3) is 0 Å². The second-order valence-corrected chi connectivity index (χ2v) is 5.51. The van der Waals surface area contributed by atoms with Crippen molar-refractivity contribution in [1.82, 2.24) is 4.90 Å². The van der Waals surface area contributed by atoms with E-state index in [1.165, 1.54) is 0 Å². The van der Waals surface area contributed by atoms with Crippen molar-refractivity contribution in [3.05, 3.63) is 35.4 Å². The second-order valence-electron chi connectivity index (χ2n) is 5.51. The van der Waals surface area contributed by atoms with E-state index in [0.717, 1.165) is 24.9 Å². The molecule has 2 unspecified atom stereocenters. The minimum absolute atomic E-state index is 0.103. The highest BCUT2D eigenvalue weighted by Gasteiger charge is 2.27. The zero-order chi connectivity index (χ0) is 14.5. The van der Waals surface area contributed by atoms with E-state index in [9.17, 15) is 4.79 Å². The third-order valence-electron chi connectivity index (χ3n) is 3.84. The lowest BCUT2D eigenvalue weighted by Crippen LogP contribution is -2.44. The van der Waals surface area contributed by atoms with Crippen molar-refractivity contribution < 1.29 is 9.90 Å². The summed E-state index contributed by atoms with van der Waals surface area (Å²) >= 11 is 0. The number of aliphatic hydroxyl groups excluding tert-OH is 1. The monoisotopic (exact) mass is 271 g/mol. The smallest absolute Gasteiger partial charge is 0.254 e. The summed E-state index contributed by atoms with van der Waals surface area (Å²) in [6, 6.07) is 7.59. The van der Waals surface area contributed by atoms with Crippen LogP contribution in [-0.2, 0) is 0 Å². The van der Waals surface area contributed by atoms with Gasteiger partial charge in [-0.1, -0.05) is 18.8 Å². The number of aliphatic hydroxyl groups is 1. The molecule has 1 aliphatic rings. The molecule has 1 fully saturated rings. The van der Waals surface area contributed by atoms with Crippen LogP contribution in [-0.4, -0.2) is 35.1 Å². The molecule has 3 heteroatoms. The van der Waals surface area contributed by atoms with Crippen molar-refractivity contribution in [2.45, 2.75) is 32.7 Å². The lowest BCUT2D eigenvalue weighted by Gasteiger charge is -2.36. The van der Waals surface area contributed by atoms with E-state index < -0.39 is 0 Å². The number of rotatable bonds is 1. The fraction of sp³-hybridized carbons (Fsp3) is 0.471. The maximum absolute atomic E-state index is 12.5. The predicted molar refractivity (Wildman–Crippen MR) is 79.3 cm³/mol. The number of carbonyl (C=O) groups excluding carboxylic acids is 1. The van der Waals surface area contributed by atoms with Crippen LogP contribution in [0.5, 0.6) is 0 Å². The lowest BCUT2D eigenvalue weighted by atomic mass is 9.93. The number of hydrogen-bond acceptors (Lipinski definition) is 2. The molecule has 1 amide bonds. The highest BCUT2D eigenvalue weighted by Crippen LogP contribution is 2.23. The van der Waals surface area contributed by atoms with Gasteiger partial charge in [0.15, 0.2) is 0 Å². The molecule has 0 radical (unpaired) electrons. The Morgan fingerprint density at radius 2 is 2.05 bits per heavy atom. The Morgan fingerprint density at radius 1 is 1.35 bits per heavy atom. The van der Waals surface area contributed by atoms with Gasteiger partial charge in [-0.05, 0) is 49.9 Å². The van der Waals surface area contributed by atoms with Crippen LogP contribution in [0.15, 0.2) is 24.3 Å². The topological polar surface area (TPSA) is 40.5 Å². The van der Waals surface area contributed by atoms with Crippen molar-refractivity contribution in [1.29, 1.82) is 0 Å². The molecule has 1 heterocycles. The van der Waals surface area contributed by atoms with Gasteiger partial charge in [-0.3, -0.25) is 4.79 Å². The van der Waals surface area contributed by atoms with Gasteiger partial charge in [0.25, 0.3) is 5.91 Å². The Labute approximate surface area is 120 Å². The highest BCUT2D eigenvalue weighted by molar-refractivity contribution is 5.94. The van der Waals surface area contributed by atoms with Crippen molar-refractivity contribution >= 4 is 5.91 Å². The molecule has 1 saturated heterocycles. The van der Waals surface area contributed by atoms with Gasteiger partial charge in [-0.2, -0.15) is 0 Å². The molecule has 2 rings (SSSR count). The van der Waals surface area contributed by atoms with E-state index in [2.05, 4.69) is 25.7 Å². The molecule has 1 aromatic carbocycles. The third-order valence-corrected chi connectivity index (χ3v) is 3.84. The normalized spacial score (nSPS) is 22.1. The van der Waals surface area contributed by atoms with E-state index in [1.54, 1.807) is 0 Å². The van der Waals surface area contributed by atoms with Gasteiger partial charge in [-0.15, -0.1) is 0 Å². The SMILES string of the molecule is CC1CCN(C(=O)c2ccc(C#CCO)cc2)C(C)C1. The summed E-state index contributed by atoms with van der Waals surface area (Å²) in [6.45, 7) is 5.05. The van der Waals surface area contributed by atoms with Gasteiger partial charge < -0.3 is 10.0 Å². The van der Waals surface area contributed by atoms with E-state index in [-0.39, 0.29) is 12.5 Å². The summed E-state index contributed by atoms with van der Waals surface area (Å²) in [7, 11) is 0. The van der Waals surface area contributed by atoms with Crippen LogP contribution in [0.3, 0.4) is 0 Å². The molecule has 0 bridgehead atoms. The number of likely N-dealkylation sites (tertiary alicyclic amines) is 1. The average molecular weight is 271 g/mol. The first-order chi connectivity index (χ1) is 9.61. The van der Waals surface area contributed by atoms with Gasteiger partial charge in [0, 0.05) is 23.7 Å². The standard InChI is InChI=1S/C17H21NO2/c1-13-9-10-18(14(2)12-13)17(20)16-7-5-15(6-8-16)4-3-11-19/h5-8,13-14,19H,9-12H2,1-2H3. The maximum Gasteiger partial charge on any atom is 0.254 e. The first kappa shape index (κ1) is 14.6. The molecule has 1 aromatic rings. The van der Waals surface area contributed by atoms with Gasteiger partial charge in [0.05, 0.1) is 0 Å². The minimum atomic E-state index is -0.149. The molecule has 2 atom stereocenters. The number of benzene rings is 1. The lowest BCUT2D eigenvalue weighted by molar-refractivity contribution is 0.0588. The molecule has 0 saturated carbocycles.